The minimum atomic E-state index is -3.19. The Labute approximate surface area is 150 Å². The van der Waals surface area contributed by atoms with Gasteiger partial charge in [0.1, 0.15) is 11.9 Å². The van der Waals surface area contributed by atoms with Crippen molar-refractivity contribution >= 4 is 17.7 Å². The lowest BCUT2D eigenvalue weighted by Gasteiger charge is -2.22. The van der Waals surface area contributed by atoms with Gasteiger partial charge in [0.15, 0.2) is 0 Å². The summed E-state index contributed by atoms with van der Waals surface area (Å²) in [6.45, 7) is 4.33. The summed E-state index contributed by atoms with van der Waals surface area (Å²) >= 11 is 0. The largest absolute Gasteiger partial charge is 0.478 e. The number of ether oxygens (including phenoxy) is 1. The van der Waals surface area contributed by atoms with Crippen molar-refractivity contribution in [2.45, 2.75) is 45.8 Å². The predicted octanol–water partition coefficient (Wildman–Crippen LogP) is 2.16. The van der Waals surface area contributed by atoms with Gasteiger partial charge in [0.05, 0.1) is 25.3 Å². The van der Waals surface area contributed by atoms with E-state index >= 15 is 0 Å². The molecule has 0 aromatic carbocycles. The van der Waals surface area contributed by atoms with Gasteiger partial charge >= 0.3 is 5.97 Å². The lowest BCUT2D eigenvalue weighted by molar-refractivity contribution is -0.133. The number of anilines is 1. The average molecular weight is 371 g/mol. The highest BCUT2D eigenvalue weighted by Gasteiger charge is 2.50. The van der Waals surface area contributed by atoms with Crippen LogP contribution in [-0.4, -0.2) is 52.0 Å². The van der Waals surface area contributed by atoms with Crippen LogP contribution in [0.15, 0.2) is 12.3 Å². The third kappa shape index (κ3) is 4.87. The second kappa shape index (κ2) is 7.14. The number of hydrogen-bond acceptors (Lipinski definition) is 5. The number of amides is 1. The number of nitrogens with zero attached hydrogens (tertiary/aromatic N) is 2. The number of aromatic carboxylic acids is 1. The van der Waals surface area contributed by atoms with Crippen molar-refractivity contribution in [2.75, 3.05) is 18.8 Å². The van der Waals surface area contributed by atoms with Crippen molar-refractivity contribution in [2.24, 2.45) is 5.41 Å². The molecule has 1 unspecified atom stereocenters. The minimum absolute atomic E-state index is 0.0111. The van der Waals surface area contributed by atoms with E-state index in [-0.39, 0.29) is 47.8 Å². The Morgan fingerprint density at radius 3 is 2.69 bits per heavy atom. The average Bonchev–Trinajstić information content (AvgIpc) is 2.79. The number of rotatable bonds is 5. The molecule has 0 bridgehead atoms. The van der Waals surface area contributed by atoms with Gasteiger partial charge in [-0.15, -0.1) is 0 Å². The van der Waals surface area contributed by atoms with E-state index in [4.69, 9.17) is 15.6 Å². The Morgan fingerprint density at radius 2 is 2.12 bits per heavy atom. The highest BCUT2D eigenvalue weighted by atomic mass is 19.3. The fourth-order valence-electron chi connectivity index (χ4n) is 2.63. The summed E-state index contributed by atoms with van der Waals surface area (Å²) in [6, 6.07) is 1.24. The monoisotopic (exact) mass is 371 g/mol. The number of nitrogen functional groups attached to an aromatic ring is 1. The first-order valence-corrected chi connectivity index (χ1v) is 8.14. The van der Waals surface area contributed by atoms with E-state index in [1.165, 1.54) is 6.07 Å². The molecule has 1 aromatic heterocycles. The Balaban J connectivity index is 2.04. The van der Waals surface area contributed by atoms with Crippen molar-refractivity contribution in [1.29, 1.82) is 0 Å². The summed E-state index contributed by atoms with van der Waals surface area (Å²) in [5.74, 6) is -4.74. The van der Waals surface area contributed by atoms with Crippen molar-refractivity contribution < 1.29 is 28.2 Å². The first kappa shape index (κ1) is 20.0. The van der Waals surface area contributed by atoms with E-state index in [0.717, 1.165) is 11.1 Å². The van der Waals surface area contributed by atoms with E-state index in [9.17, 15) is 18.4 Å². The van der Waals surface area contributed by atoms with E-state index in [1.54, 1.807) is 0 Å². The van der Waals surface area contributed by atoms with Gasteiger partial charge in [0.2, 0.25) is 5.91 Å². The Kier molecular flexibility index (Phi) is 5.50. The van der Waals surface area contributed by atoms with Gasteiger partial charge in [-0.25, -0.2) is 18.6 Å². The zero-order chi connectivity index (χ0) is 19.7. The molecule has 0 spiro atoms. The van der Waals surface area contributed by atoms with Crippen molar-refractivity contribution in [1.82, 2.24) is 9.88 Å². The summed E-state index contributed by atoms with van der Waals surface area (Å²) in [7, 11) is 0. The zero-order valence-corrected chi connectivity index (χ0v) is 15.0. The lowest BCUT2D eigenvalue weighted by Crippen LogP contribution is -2.34. The maximum Gasteiger partial charge on any atom is 0.337 e. The molecule has 2 heterocycles. The number of carbonyl (C=O) groups excluding carboxylic acids is 1. The molecule has 0 aliphatic carbocycles. The molecule has 7 nitrogen and oxygen atoms in total. The minimum Gasteiger partial charge on any atom is -0.478 e. The molecule has 0 saturated carbocycles. The van der Waals surface area contributed by atoms with Gasteiger partial charge < -0.3 is 20.5 Å². The second-order valence-electron chi connectivity index (χ2n) is 7.65. The fourth-order valence-corrected chi connectivity index (χ4v) is 2.63. The van der Waals surface area contributed by atoms with Gasteiger partial charge in [-0.3, -0.25) is 4.79 Å². The van der Waals surface area contributed by atoms with Crippen LogP contribution in [0.25, 0.3) is 0 Å². The topological polar surface area (TPSA) is 106 Å². The molecule has 1 aliphatic rings. The van der Waals surface area contributed by atoms with Gasteiger partial charge in [-0.1, -0.05) is 20.8 Å². The first-order chi connectivity index (χ1) is 11.9. The summed E-state index contributed by atoms with van der Waals surface area (Å²) in [4.78, 5) is 28.0. The number of aromatic nitrogens is 1. The van der Waals surface area contributed by atoms with E-state index < -0.39 is 24.5 Å². The third-order valence-electron chi connectivity index (χ3n) is 3.98. The van der Waals surface area contributed by atoms with Gasteiger partial charge in [0.25, 0.3) is 5.92 Å². The number of likely N-dealkylation sites (tertiary alicyclic amines) is 1. The van der Waals surface area contributed by atoms with Crippen LogP contribution in [0.1, 0.15) is 43.1 Å². The first-order valence-electron chi connectivity index (χ1n) is 8.14. The van der Waals surface area contributed by atoms with Crippen LogP contribution in [0.2, 0.25) is 0 Å². The standard InChI is InChI=1S/C17H23F2N3O4/c1-16(2,3)5-13(23)22-7-12(17(18,19)9-22)26-8-11-4-10(15(24)25)6-21-14(11)20/h4,6,12H,5,7-9H2,1-3H3,(H2,20,21)(H,24,25). The normalized spacial score (nSPS) is 19.6. The third-order valence-corrected chi connectivity index (χ3v) is 3.98. The number of carboxylic acid groups (broad SMARTS) is 1. The van der Waals surface area contributed by atoms with Crippen LogP contribution in [-0.2, 0) is 16.1 Å². The predicted molar refractivity (Wildman–Crippen MR) is 89.8 cm³/mol. The Hall–Kier alpha value is -2.29. The van der Waals surface area contributed by atoms with Gasteiger partial charge in [-0.05, 0) is 11.5 Å². The van der Waals surface area contributed by atoms with Crippen molar-refractivity contribution in [3.8, 4) is 0 Å². The molecular weight excluding hydrogens is 348 g/mol. The van der Waals surface area contributed by atoms with Crippen LogP contribution >= 0.6 is 0 Å². The molecule has 1 saturated heterocycles. The molecule has 26 heavy (non-hydrogen) atoms. The summed E-state index contributed by atoms with van der Waals surface area (Å²) in [5.41, 5.74) is 5.44. The van der Waals surface area contributed by atoms with Crippen LogP contribution < -0.4 is 5.73 Å². The Bertz CT molecular complexity index is 704. The molecule has 144 valence electrons. The van der Waals surface area contributed by atoms with Crippen molar-refractivity contribution in [3.05, 3.63) is 23.4 Å². The number of carboxylic acids is 1. The number of hydrogen-bond donors (Lipinski definition) is 2. The smallest absolute Gasteiger partial charge is 0.337 e. The molecule has 3 N–H and O–H groups in total. The van der Waals surface area contributed by atoms with Crippen LogP contribution in [0.3, 0.4) is 0 Å². The molecule has 1 amide bonds. The Morgan fingerprint density at radius 1 is 1.46 bits per heavy atom. The fraction of sp³-hybridized carbons (Fsp3) is 0.588. The summed E-state index contributed by atoms with van der Waals surface area (Å²) in [5, 5.41) is 8.97. The quantitative estimate of drug-likeness (QED) is 0.822. The number of halogens is 2. The number of carbonyl (C=O) groups is 2. The number of pyridine rings is 1. The molecule has 1 atom stereocenters. The molecule has 1 fully saturated rings. The van der Waals surface area contributed by atoms with Crippen LogP contribution in [0, 0.1) is 5.41 Å². The number of nitrogens with two attached hydrogens (primary N) is 1. The van der Waals surface area contributed by atoms with Gasteiger partial charge in [0, 0.05) is 18.2 Å². The summed E-state index contributed by atoms with van der Waals surface area (Å²) < 4.78 is 33.7. The van der Waals surface area contributed by atoms with E-state index in [2.05, 4.69) is 4.98 Å². The lowest BCUT2D eigenvalue weighted by atomic mass is 9.92. The molecular formula is C17H23F2N3O4. The van der Waals surface area contributed by atoms with Crippen LogP contribution in [0.4, 0.5) is 14.6 Å². The highest BCUT2D eigenvalue weighted by Crippen LogP contribution is 2.32. The SMILES string of the molecule is CC(C)(C)CC(=O)N1CC(OCc2cc(C(=O)O)cnc2N)C(F)(F)C1. The molecule has 1 aliphatic heterocycles. The molecule has 9 heteroatoms. The molecule has 0 radical (unpaired) electrons. The van der Waals surface area contributed by atoms with E-state index in [1.807, 2.05) is 20.8 Å². The molecule has 2 rings (SSSR count). The van der Waals surface area contributed by atoms with Crippen molar-refractivity contribution in [3.63, 3.8) is 0 Å². The van der Waals surface area contributed by atoms with Gasteiger partial charge in [-0.2, -0.15) is 0 Å². The molecule has 1 aromatic rings. The summed E-state index contributed by atoms with van der Waals surface area (Å²) in [6.07, 6.45) is -0.245. The second-order valence-corrected chi connectivity index (χ2v) is 7.65. The zero-order valence-electron chi connectivity index (χ0n) is 15.0. The van der Waals surface area contributed by atoms with Crippen LogP contribution in [0.5, 0.6) is 0 Å². The highest BCUT2D eigenvalue weighted by molar-refractivity contribution is 5.87. The maximum atomic E-state index is 14.2. The van der Waals surface area contributed by atoms with E-state index in [0.29, 0.717) is 0 Å². The number of alkyl halides is 2. The maximum absolute atomic E-state index is 14.2.